The number of ether oxygens (including phenoxy) is 3. The summed E-state index contributed by atoms with van der Waals surface area (Å²) >= 11 is 0. The standard InChI is InChI=1S/C32H33N3O5.C22H24N2O4.C17H4.CH4/c1-31(2)26(25-13-9-6-10-14-25)35(30(38)40-31)29(37)32(3,27(36)28-33-19-20-34(28)4)39-21-22-15-17-24(18-16-22)23-11-7-5-8-12-23;1-22(19(26)14-25,20(27)21-23-12-13-24(21)2)28-15-16-8-10-18(11-9-16)17-6-4-3-5-7-17;1-3-5-7-9-11-13-15-17-16-14-12-10-8-6-4-2;/h5-20,26-27,36H,21H2,1-4H3;3-13,20,25,27H,14-15H2,1-2H3;1H,2H3;1H4/t26-,27-,32-;20-,22+;;/m00../s1. The van der Waals surface area contributed by atoms with Crippen molar-refractivity contribution in [3.8, 4) is 117 Å². The van der Waals surface area contributed by atoms with Crippen LogP contribution in [-0.2, 0) is 51.1 Å². The van der Waals surface area contributed by atoms with Crippen LogP contribution < -0.4 is 0 Å². The lowest BCUT2D eigenvalue weighted by atomic mass is 9.89. The summed E-state index contributed by atoms with van der Waals surface area (Å²) in [5.74, 6) is 36.1. The van der Waals surface area contributed by atoms with Crippen LogP contribution in [0.2, 0.25) is 0 Å². The van der Waals surface area contributed by atoms with Crippen molar-refractivity contribution in [3.05, 3.63) is 193 Å². The fraction of sp³-hybridized carbons (Fsp3) is 0.236. The first kappa shape index (κ1) is 66.2. The topological polar surface area (TPSA) is 178 Å². The Kier molecular flexibility index (Phi) is 24.9. The van der Waals surface area contributed by atoms with Crippen LogP contribution in [0, 0.1) is 95.2 Å². The van der Waals surface area contributed by atoms with Crippen molar-refractivity contribution in [2.75, 3.05) is 6.61 Å². The lowest BCUT2D eigenvalue weighted by molar-refractivity contribution is -0.176. The summed E-state index contributed by atoms with van der Waals surface area (Å²) in [6.45, 7) is 7.59. The van der Waals surface area contributed by atoms with Gasteiger partial charge in [-0.1, -0.05) is 153 Å². The van der Waals surface area contributed by atoms with Crippen LogP contribution in [0.1, 0.15) is 88.6 Å². The predicted octanol–water partition coefficient (Wildman–Crippen LogP) is 9.55. The molecule has 14 heteroatoms. The minimum Gasteiger partial charge on any atom is -0.440 e. The van der Waals surface area contributed by atoms with E-state index < -0.39 is 59.4 Å². The highest BCUT2D eigenvalue weighted by Gasteiger charge is 2.58. The largest absolute Gasteiger partial charge is 0.440 e. The Morgan fingerprint density at radius 1 is 0.605 bits per heavy atom. The van der Waals surface area contributed by atoms with Gasteiger partial charge in [0.2, 0.25) is 0 Å². The molecule has 432 valence electrons. The van der Waals surface area contributed by atoms with E-state index in [1.54, 1.807) is 56.4 Å². The summed E-state index contributed by atoms with van der Waals surface area (Å²) < 4.78 is 21.0. The number of hydrogen-bond acceptors (Lipinski definition) is 11. The molecule has 1 fully saturated rings. The van der Waals surface area contributed by atoms with Gasteiger partial charge in [0, 0.05) is 38.9 Å². The third kappa shape index (κ3) is 17.5. The third-order valence-electron chi connectivity index (χ3n) is 13.3. The number of ketones is 1. The van der Waals surface area contributed by atoms with Crippen LogP contribution >= 0.6 is 0 Å². The molecule has 8 rings (SSSR count). The molecule has 0 bridgehead atoms. The summed E-state index contributed by atoms with van der Waals surface area (Å²) in [7, 11) is 3.44. The first-order chi connectivity index (χ1) is 41.0. The highest BCUT2D eigenvalue weighted by atomic mass is 16.6. The number of terminal acetylenes is 1. The van der Waals surface area contributed by atoms with Crippen LogP contribution in [0.3, 0.4) is 0 Å². The molecule has 2 aromatic heterocycles. The van der Waals surface area contributed by atoms with E-state index >= 15 is 0 Å². The highest BCUT2D eigenvalue weighted by molar-refractivity contribution is 5.99. The van der Waals surface area contributed by atoms with Crippen molar-refractivity contribution in [3.63, 3.8) is 0 Å². The van der Waals surface area contributed by atoms with E-state index in [1.165, 1.54) is 26.2 Å². The van der Waals surface area contributed by atoms with E-state index in [0.29, 0.717) is 5.82 Å². The minimum atomic E-state index is -1.87. The van der Waals surface area contributed by atoms with Crippen molar-refractivity contribution in [1.82, 2.24) is 24.0 Å². The van der Waals surface area contributed by atoms with Gasteiger partial charge in [0.05, 0.1) is 13.2 Å². The van der Waals surface area contributed by atoms with Crippen molar-refractivity contribution >= 4 is 17.8 Å². The second-order valence-corrected chi connectivity index (χ2v) is 19.6. The maximum absolute atomic E-state index is 14.4. The number of aromatic nitrogens is 4. The van der Waals surface area contributed by atoms with Gasteiger partial charge < -0.3 is 38.7 Å². The van der Waals surface area contributed by atoms with Gasteiger partial charge in [-0.15, -0.1) is 6.42 Å². The van der Waals surface area contributed by atoms with Gasteiger partial charge >= 0.3 is 6.09 Å². The van der Waals surface area contributed by atoms with E-state index in [-0.39, 0.29) is 26.5 Å². The van der Waals surface area contributed by atoms with E-state index in [2.05, 4.69) is 98.8 Å². The van der Waals surface area contributed by atoms with Gasteiger partial charge in [-0.05, 0) is 156 Å². The van der Waals surface area contributed by atoms with E-state index in [0.717, 1.165) is 43.8 Å². The highest BCUT2D eigenvalue weighted by Crippen LogP contribution is 2.44. The number of carbonyl (C=O) groups excluding carboxylic acids is 3. The second kappa shape index (κ2) is 32.3. The zero-order chi connectivity index (χ0) is 61.2. The number of amides is 2. The summed E-state index contributed by atoms with van der Waals surface area (Å²) in [4.78, 5) is 49.4. The van der Waals surface area contributed by atoms with Gasteiger partial charge in [-0.3, -0.25) is 9.59 Å². The second-order valence-electron chi connectivity index (χ2n) is 19.6. The molecular formula is C72H65N5O9. The Morgan fingerprint density at radius 3 is 1.36 bits per heavy atom. The molecule has 2 amide bonds. The molecule has 5 aromatic carbocycles. The number of aryl methyl sites for hydroxylation is 2. The predicted molar refractivity (Wildman–Crippen MR) is 331 cm³/mol. The molecule has 0 aliphatic carbocycles. The van der Waals surface area contributed by atoms with Crippen LogP contribution in [0.25, 0.3) is 22.3 Å². The number of imide groups is 1. The average molecular weight is 1140 g/mol. The first-order valence-electron chi connectivity index (χ1n) is 26.5. The minimum absolute atomic E-state index is 0. The SMILES string of the molecule is C.C#CC#CC#CC#CC#CC#CC#CC#CC.Cn1ccnc1[C@H](O)[C@](C)(OCc1ccc(-c2ccccc2)cc1)C(=O)CO.Cn1ccnc1[C@H](O)[C@](C)(OCc1ccc(-c2ccccc2)cc1)C(=O)N1C(=O)OC(C)(C)[C@@H]1c1ccccc1. The summed E-state index contributed by atoms with van der Waals surface area (Å²) in [5.41, 5.74) is 2.21. The quantitative estimate of drug-likeness (QED) is 0.0785. The van der Waals surface area contributed by atoms with Crippen molar-refractivity contribution < 1.29 is 43.9 Å². The molecule has 0 unspecified atom stereocenters. The normalized spacial score (nSPS) is 14.1. The monoisotopic (exact) mass is 1140 g/mol. The molecule has 7 aromatic rings. The fourth-order valence-corrected chi connectivity index (χ4v) is 8.63. The Bertz CT molecular complexity index is 3950. The van der Waals surface area contributed by atoms with Gasteiger partial charge in [-0.25, -0.2) is 19.7 Å². The molecule has 3 N–H and O–H groups in total. The van der Waals surface area contributed by atoms with Crippen molar-refractivity contribution in [1.29, 1.82) is 0 Å². The number of nitrogens with zero attached hydrogens (tertiary/aromatic N) is 5. The van der Waals surface area contributed by atoms with Crippen LogP contribution in [0.5, 0.6) is 0 Å². The Hall–Kier alpha value is -10.6. The first-order valence-corrected chi connectivity index (χ1v) is 26.5. The van der Waals surface area contributed by atoms with Crippen molar-refractivity contribution in [2.24, 2.45) is 14.1 Å². The Balaban J connectivity index is 0.000000256. The van der Waals surface area contributed by atoms with Gasteiger partial charge in [0.1, 0.15) is 42.1 Å². The zero-order valence-electron chi connectivity index (χ0n) is 48.0. The number of hydrogen-bond donors (Lipinski definition) is 3. The van der Waals surface area contributed by atoms with E-state index in [1.807, 2.05) is 140 Å². The van der Waals surface area contributed by atoms with Gasteiger partial charge in [0.25, 0.3) is 5.91 Å². The Labute approximate surface area is 504 Å². The zero-order valence-corrected chi connectivity index (χ0v) is 48.0. The number of rotatable bonds is 16. The number of aliphatic hydroxyl groups is 3. The summed E-state index contributed by atoms with van der Waals surface area (Å²) in [6.07, 6.45) is 7.71. The summed E-state index contributed by atoms with van der Waals surface area (Å²) in [5, 5.41) is 31.7. The molecule has 1 aliphatic heterocycles. The molecule has 3 heterocycles. The number of cyclic esters (lactones) is 1. The molecule has 0 saturated carbocycles. The molecular weight excluding hydrogens is 1080 g/mol. The molecule has 1 aliphatic rings. The maximum Gasteiger partial charge on any atom is 0.417 e. The number of carbonyl (C=O) groups is 3. The summed E-state index contributed by atoms with van der Waals surface area (Å²) in [6, 6.07) is 44.1. The number of aliphatic hydroxyl groups excluding tert-OH is 3. The number of imidazole rings is 2. The number of Topliss-reactive ketones (excluding diaryl/α,β-unsaturated/α-hetero) is 1. The van der Waals surface area contributed by atoms with Gasteiger partial charge in [0.15, 0.2) is 17.0 Å². The van der Waals surface area contributed by atoms with Crippen LogP contribution in [-0.4, -0.2) is 80.5 Å². The molecule has 86 heavy (non-hydrogen) atoms. The third-order valence-corrected chi connectivity index (χ3v) is 13.3. The lowest BCUT2D eigenvalue weighted by Crippen LogP contribution is -2.54. The Morgan fingerprint density at radius 2 is 0.977 bits per heavy atom. The molecule has 1 saturated heterocycles. The van der Waals surface area contributed by atoms with Crippen LogP contribution in [0.15, 0.2) is 164 Å². The fourth-order valence-electron chi connectivity index (χ4n) is 8.63. The average Bonchev–Trinajstić information content (AvgIpc) is 1.67. The number of benzene rings is 5. The van der Waals surface area contributed by atoms with Gasteiger partial charge in [-0.2, -0.15) is 0 Å². The van der Waals surface area contributed by atoms with E-state index in [4.69, 9.17) is 20.6 Å². The van der Waals surface area contributed by atoms with Crippen molar-refractivity contribution in [2.45, 2.75) is 90.3 Å². The molecule has 0 radical (unpaired) electrons. The van der Waals surface area contributed by atoms with Crippen LogP contribution in [0.4, 0.5) is 4.79 Å². The lowest BCUT2D eigenvalue weighted by Gasteiger charge is -2.37. The molecule has 14 nitrogen and oxygen atoms in total. The maximum atomic E-state index is 14.4. The van der Waals surface area contributed by atoms with E-state index in [9.17, 15) is 29.7 Å². The molecule has 0 spiro atoms. The molecule has 5 atom stereocenters. The smallest absolute Gasteiger partial charge is 0.417 e.